The predicted octanol–water partition coefficient (Wildman–Crippen LogP) is 3.53. The van der Waals surface area contributed by atoms with Gasteiger partial charge in [0.1, 0.15) is 0 Å². The van der Waals surface area contributed by atoms with E-state index in [4.69, 9.17) is 10.00 Å². The van der Waals surface area contributed by atoms with E-state index in [1.54, 1.807) is 12.1 Å². The first-order valence-electron chi connectivity index (χ1n) is 7.68. The number of nitrogens with zero attached hydrogens (tertiary/aromatic N) is 3. The number of benzene rings is 2. The second kappa shape index (κ2) is 9.28. The van der Waals surface area contributed by atoms with E-state index >= 15 is 0 Å². The Bertz CT molecular complexity index is 681. The Hall–Kier alpha value is -2.91. The number of nitriles is 1. The Morgan fingerprint density at radius 1 is 1.08 bits per heavy atom. The van der Waals surface area contributed by atoms with Crippen molar-refractivity contribution in [1.82, 2.24) is 0 Å². The maximum Gasteiger partial charge on any atom is 0.269 e. The summed E-state index contributed by atoms with van der Waals surface area (Å²) in [6.07, 6.45) is 0.383. The van der Waals surface area contributed by atoms with Gasteiger partial charge in [-0.15, -0.1) is 0 Å². The number of ether oxygens (including phenoxy) is 1. The molecule has 2 rings (SSSR count). The number of rotatable bonds is 9. The zero-order valence-corrected chi connectivity index (χ0v) is 13.3. The fourth-order valence-electron chi connectivity index (χ4n) is 2.28. The summed E-state index contributed by atoms with van der Waals surface area (Å²) in [5, 5.41) is 19.3. The molecule has 124 valence electrons. The van der Waals surface area contributed by atoms with Crippen molar-refractivity contribution in [3.8, 4) is 6.07 Å². The van der Waals surface area contributed by atoms with Crippen LogP contribution in [-0.4, -0.2) is 24.7 Å². The van der Waals surface area contributed by atoms with Gasteiger partial charge in [-0.3, -0.25) is 10.1 Å². The van der Waals surface area contributed by atoms with Gasteiger partial charge in [-0.2, -0.15) is 5.26 Å². The molecule has 0 amide bonds. The van der Waals surface area contributed by atoms with Gasteiger partial charge >= 0.3 is 0 Å². The summed E-state index contributed by atoms with van der Waals surface area (Å²) in [6.45, 7) is 2.25. The summed E-state index contributed by atoms with van der Waals surface area (Å²) in [6, 6.07) is 18.5. The Kier molecular flexibility index (Phi) is 6.74. The average molecular weight is 325 g/mol. The Morgan fingerprint density at radius 3 is 2.42 bits per heavy atom. The third kappa shape index (κ3) is 5.38. The first kappa shape index (κ1) is 17.4. The molecular weight excluding hydrogens is 306 g/mol. The Labute approximate surface area is 141 Å². The molecule has 0 fully saturated rings. The number of para-hydroxylation sites is 1. The predicted molar refractivity (Wildman–Crippen MR) is 91.6 cm³/mol. The zero-order valence-electron chi connectivity index (χ0n) is 13.3. The molecule has 0 bridgehead atoms. The number of nitro benzene ring substituents is 1. The number of anilines is 1. The van der Waals surface area contributed by atoms with Crippen LogP contribution in [0.3, 0.4) is 0 Å². The second-order valence-electron chi connectivity index (χ2n) is 5.20. The van der Waals surface area contributed by atoms with Crippen molar-refractivity contribution in [2.24, 2.45) is 0 Å². The molecule has 24 heavy (non-hydrogen) atoms. The molecule has 0 N–H and O–H groups in total. The summed E-state index contributed by atoms with van der Waals surface area (Å²) >= 11 is 0. The largest absolute Gasteiger partial charge is 0.379 e. The van der Waals surface area contributed by atoms with Gasteiger partial charge in [0, 0.05) is 30.9 Å². The smallest absolute Gasteiger partial charge is 0.269 e. The minimum atomic E-state index is -0.401. The molecule has 0 atom stereocenters. The summed E-state index contributed by atoms with van der Waals surface area (Å²) in [4.78, 5) is 12.5. The van der Waals surface area contributed by atoms with Crippen LogP contribution in [0.15, 0.2) is 54.6 Å². The summed E-state index contributed by atoms with van der Waals surface area (Å²) in [7, 11) is 0. The highest BCUT2D eigenvalue weighted by molar-refractivity contribution is 5.47. The fourth-order valence-corrected chi connectivity index (χ4v) is 2.28. The molecule has 0 aliphatic heterocycles. The van der Waals surface area contributed by atoms with E-state index in [0.29, 0.717) is 32.7 Å². The molecule has 0 unspecified atom stereocenters. The zero-order chi connectivity index (χ0) is 17.2. The van der Waals surface area contributed by atoms with Crippen molar-refractivity contribution in [3.05, 3.63) is 70.3 Å². The van der Waals surface area contributed by atoms with Crippen LogP contribution in [0.4, 0.5) is 11.4 Å². The van der Waals surface area contributed by atoms with Gasteiger partial charge in [0.25, 0.3) is 5.69 Å². The second-order valence-corrected chi connectivity index (χ2v) is 5.20. The van der Waals surface area contributed by atoms with Crippen LogP contribution >= 0.6 is 0 Å². The van der Waals surface area contributed by atoms with E-state index in [2.05, 4.69) is 4.90 Å². The first-order valence-corrected chi connectivity index (χ1v) is 7.68. The molecule has 2 aromatic rings. The number of hydrogen-bond acceptors (Lipinski definition) is 5. The van der Waals surface area contributed by atoms with E-state index in [-0.39, 0.29) is 5.69 Å². The van der Waals surface area contributed by atoms with Gasteiger partial charge in [0.05, 0.1) is 30.6 Å². The molecule has 0 heterocycles. The fraction of sp³-hybridized carbons (Fsp3) is 0.278. The van der Waals surface area contributed by atoms with Gasteiger partial charge in [-0.1, -0.05) is 30.3 Å². The first-order chi connectivity index (χ1) is 11.7. The van der Waals surface area contributed by atoms with Crippen LogP contribution in [-0.2, 0) is 11.3 Å². The van der Waals surface area contributed by atoms with Crippen LogP contribution in [0.5, 0.6) is 0 Å². The van der Waals surface area contributed by atoms with Crippen LogP contribution < -0.4 is 4.90 Å². The highest BCUT2D eigenvalue weighted by atomic mass is 16.6. The van der Waals surface area contributed by atoms with Crippen LogP contribution in [0.1, 0.15) is 12.0 Å². The highest BCUT2D eigenvalue weighted by Crippen LogP contribution is 2.18. The molecule has 0 aliphatic carbocycles. The molecule has 0 saturated carbocycles. The molecule has 0 spiro atoms. The van der Waals surface area contributed by atoms with Crippen molar-refractivity contribution >= 4 is 11.4 Å². The van der Waals surface area contributed by atoms with Gasteiger partial charge in [0.15, 0.2) is 0 Å². The third-order valence-corrected chi connectivity index (χ3v) is 3.51. The minimum absolute atomic E-state index is 0.0878. The molecule has 6 nitrogen and oxygen atoms in total. The van der Waals surface area contributed by atoms with E-state index in [0.717, 1.165) is 11.3 Å². The SMILES string of the molecule is N#CCCOCCN(Cc1ccc([N+](=O)[O-])cc1)c1ccccc1. The van der Waals surface area contributed by atoms with Crippen molar-refractivity contribution in [1.29, 1.82) is 5.26 Å². The van der Waals surface area contributed by atoms with Crippen LogP contribution in [0.2, 0.25) is 0 Å². The number of hydrogen-bond donors (Lipinski definition) is 0. The lowest BCUT2D eigenvalue weighted by atomic mass is 10.2. The lowest BCUT2D eigenvalue weighted by molar-refractivity contribution is -0.384. The Balaban J connectivity index is 2.02. The van der Waals surface area contributed by atoms with Crippen molar-refractivity contribution in [2.75, 3.05) is 24.7 Å². The summed E-state index contributed by atoms with van der Waals surface area (Å²) in [5.74, 6) is 0. The molecule has 0 aromatic heterocycles. The molecule has 0 aliphatic rings. The molecule has 0 saturated heterocycles. The van der Waals surface area contributed by atoms with Gasteiger partial charge in [-0.05, 0) is 17.7 Å². The van der Waals surface area contributed by atoms with E-state index in [9.17, 15) is 10.1 Å². The standard InChI is InChI=1S/C18H19N3O3/c19-11-4-13-24-14-12-20(17-5-2-1-3-6-17)15-16-7-9-18(10-8-16)21(22)23/h1-3,5-10H,4,12-15H2. The third-order valence-electron chi connectivity index (χ3n) is 3.51. The van der Waals surface area contributed by atoms with Crippen molar-refractivity contribution in [2.45, 2.75) is 13.0 Å². The molecular formula is C18H19N3O3. The van der Waals surface area contributed by atoms with Gasteiger partial charge in [0.2, 0.25) is 0 Å². The monoisotopic (exact) mass is 325 g/mol. The topological polar surface area (TPSA) is 79.4 Å². The molecule has 2 aromatic carbocycles. The van der Waals surface area contributed by atoms with E-state index in [1.165, 1.54) is 12.1 Å². The van der Waals surface area contributed by atoms with Crippen LogP contribution in [0, 0.1) is 21.4 Å². The Morgan fingerprint density at radius 2 is 1.79 bits per heavy atom. The maximum atomic E-state index is 10.7. The molecule has 6 heteroatoms. The normalized spacial score (nSPS) is 10.1. The number of nitro groups is 1. The van der Waals surface area contributed by atoms with Crippen molar-refractivity contribution < 1.29 is 9.66 Å². The quantitative estimate of drug-likeness (QED) is 0.400. The van der Waals surface area contributed by atoms with Gasteiger partial charge < -0.3 is 9.64 Å². The molecule has 0 radical (unpaired) electrons. The maximum absolute atomic E-state index is 10.7. The van der Waals surface area contributed by atoms with E-state index in [1.807, 2.05) is 36.4 Å². The lowest BCUT2D eigenvalue weighted by Crippen LogP contribution is -2.27. The van der Waals surface area contributed by atoms with E-state index < -0.39 is 4.92 Å². The minimum Gasteiger partial charge on any atom is -0.379 e. The average Bonchev–Trinajstić information content (AvgIpc) is 2.61. The highest BCUT2D eigenvalue weighted by Gasteiger charge is 2.09. The van der Waals surface area contributed by atoms with Crippen LogP contribution in [0.25, 0.3) is 0 Å². The summed E-state index contributed by atoms with van der Waals surface area (Å²) in [5.41, 5.74) is 2.13. The van der Waals surface area contributed by atoms with Crippen molar-refractivity contribution in [3.63, 3.8) is 0 Å². The lowest BCUT2D eigenvalue weighted by Gasteiger charge is -2.25. The summed E-state index contributed by atoms with van der Waals surface area (Å²) < 4.78 is 5.46. The number of non-ortho nitro benzene ring substituents is 1. The van der Waals surface area contributed by atoms with Gasteiger partial charge in [-0.25, -0.2) is 0 Å².